The molecule has 2 aliphatic heterocycles. The van der Waals surface area contributed by atoms with Crippen molar-refractivity contribution in [2.24, 2.45) is 0 Å². The van der Waals surface area contributed by atoms with Crippen molar-refractivity contribution in [1.29, 1.82) is 0 Å². The van der Waals surface area contributed by atoms with Crippen molar-refractivity contribution in [3.05, 3.63) is 60.4 Å². The molecule has 5 rings (SSSR count). The lowest BCUT2D eigenvalue weighted by Gasteiger charge is -2.32. The summed E-state index contributed by atoms with van der Waals surface area (Å²) in [6.07, 6.45) is 7.29. The zero-order valence-corrected chi connectivity index (χ0v) is 14.5. The second-order valence-corrected chi connectivity index (χ2v) is 6.84. The number of benzene rings is 1. The van der Waals surface area contributed by atoms with Gasteiger partial charge in [0.25, 0.3) is 5.88 Å². The molecule has 0 bridgehead atoms. The molecule has 26 heavy (non-hydrogen) atoms. The standard InChI is InChI=1S/C21H21N3O2/c1-2-5-19-17(4-1)18(12-23-19)15-7-10-24(11-8-15)13-16-14-25-20-6-3-9-22-21(20)26-16/h1-7,9,12,16,23H,8,10-11,13-14H2. The van der Waals surface area contributed by atoms with Gasteiger partial charge in [-0.15, -0.1) is 0 Å². The smallest absolute Gasteiger partial charge is 0.257 e. The molecule has 0 amide bonds. The van der Waals surface area contributed by atoms with Gasteiger partial charge in [-0.3, -0.25) is 4.90 Å². The molecule has 1 aromatic carbocycles. The Hall–Kier alpha value is -2.79. The number of hydrogen-bond donors (Lipinski definition) is 1. The Bertz CT molecular complexity index is 963. The van der Waals surface area contributed by atoms with E-state index in [-0.39, 0.29) is 6.10 Å². The number of rotatable bonds is 3. The third-order valence-corrected chi connectivity index (χ3v) is 5.13. The van der Waals surface area contributed by atoms with Gasteiger partial charge in [-0.05, 0) is 30.2 Å². The average Bonchev–Trinajstić information content (AvgIpc) is 3.13. The Balaban J connectivity index is 1.26. The van der Waals surface area contributed by atoms with Gasteiger partial charge in [0.15, 0.2) is 5.75 Å². The molecule has 132 valence electrons. The number of aromatic nitrogens is 2. The lowest BCUT2D eigenvalue weighted by molar-refractivity contribution is 0.0567. The Morgan fingerprint density at radius 3 is 3.08 bits per heavy atom. The topological polar surface area (TPSA) is 50.4 Å². The maximum absolute atomic E-state index is 5.99. The van der Waals surface area contributed by atoms with Crippen LogP contribution in [0.15, 0.2) is 54.9 Å². The molecule has 2 aromatic heterocycles. The predicted octanol–water partition coefficient (Wildman–Crippen LogP) is 3.49. The number of nitrogens with one attached hydrogen (secondary N) is 1. The van der Waals surface area contributed by atoms with Crippen molar-refractivity contribution in [1.82, 2.24) is 14.9 Å². The van der Waals surface area contributed by atoms with Crippen LogP contribution in [0, 0.1) is 0 Å². The van der Waals surface area contributed by atoms with Crippen molar-refractivity contribution < 1.29 is 9.47 Å². The van der Waals surface area contributed by atoms with Crippen LogP contribution < -0.4 is 9.47 Å². The highest BCUT2D eigenvalue weighted by Crippen LogP contribution is 2.31. The predicted molar refractivity (Wildman–Crippen MR) is 101 cm³/mol. The van der Waals surface area contributed by atoms with Crippen molar-refractivity contribution >= 4 is 16.5 Å². The molecule has 0 radical (unpaired) electrons. The fourth-order valence-corrected chi connectivity index (χ4v) is 3.79. The van der Waals surface area contributed by atoms with Gasteiger partial charge in [0.1, 0.15) is 12.7 Å². The van der Waals surface area contributed by atoms with Gasteiger partial charge < -0.3 is 14.5 Å². The van der Waals surface area contributed by atoms with Crippen LogP contribution in [0.2, 0.25) is 0 Å². The van der Waals surface area contributed by atoms with Gasteiger partial charge in [-0.2, -0.15) is 0 Å². The summed E-state index contributed by atoms with van der Waals surface area (Å²) >= 11 is 0. The third-order valence-electron chi connectivity index (χ3n) is 5.13. The highest BCUT2D eigenvalue weighted by atomic mass is 16.6. The zero-order valence-electron chi connectivity index (χ0n) is 14.5. The second-order valence-electron chi connectivity index (χ2n) is 6.84. The first-order valence-electron chi connectivity index (χ1n) is 9.09. The van der Waals surface area contributed by atoms with E-state index in [4.69, 9.17) is 9.47 Å². The maximum Gasteiger partial charge on any atom is 0.257 e. The lowest BCUT2D eigenvalue weighted by Crippen LogP contribution is -2.42. The molecular formula is C21H21N3O2. The van der Waals surface area contributed by atoms with E-state index in [1.165, 1.54) is 22.0 Å². The molecule has 0 saturated carbocycles. The lowest BCUT2D eigenvalue weighted by atomic mass is 9.99. The van der Waals surface area contributed by atoms with E-state index in [0.717, 1.165) is 31.8 Å². The first kappa shape index (κ1) is 15.5. The van der Waals surface area contributed by atoms with Crippen LogP contribution in [-0.2, 0) is 0 Å². The largest absolute Gasteiger partial charge is 0.484 e. The average molecular weight is 347 g/mol. The van der Waals surface area contributed by atoms with Crippen LogP contribution in [0.3, 0.4) is 0 Å². The number of fused-ring (bicyclic) bond motifs is 2. The number of ether oxygens (including phenoxy) is 2. The minimum absolute atomic E-state index is 0.0282. The SMILES string of the molecule is C1=C(c2c[nH]c3ccccc23)CCN(CC2COc3cccnc3O2)C1. The van der Waals surface area contributed by atoms with E-state index in [1.807, 2.05) is 12.1 Å². The minimum Gasteiger partial charge on any atom is -0.484 e. The van der Waals surface area contributed by atoms with Crippen LogP contribution in [0.5, 0.6) is 11.6 Å². The number of H-pyrrole nitrogens is 1. The van der Waals surface area contributed by atoms with Gasteiger partial charge >= 0.3 is 0 Å². The molecule has 1 atom stereocenters. The van der Waals surface area contributed by atoms with Crippen molar-refractivity contribution in [2.75, 3.05) is 26.2 Å². The van der Waals surface area contributed by atoms with Crippen LogP contribution >= 0.6 is 0 Å². The van der Waals surface area contributed by atoms with Crippen molar-refractivity contribution in [3.63, 3.8) is 0 Å². The molecular weight excluding hydrogens is 326 g/mol. The molecule has 5 heteroatoms. The van der Waals surface area contributed by atoms with Gasteiger partial charge in [0, 0.05) is 48.5 Å². The summed E-state index contributed by atoms with van der Waals surface area (Å²) < 4.78 is 11.8. The summed E-state index contributed by atoms with van der Waals surface area (Å²) in [4.78, 5) is 10.0. The van der Waals surface area contributed by atoms with Crippen molar-refractivity contribution in [3.8, 4) is 11.6 Å². The molecule has 3 aromatic rings. The summed E-state index contributed by atoms with van der Waals surface area (Å²) in [6, 6.07) is 12.2. The maximum atomic E-state index is 5.99. The second kappa shape index (κ2) is 6.50. The molecule has 0 spiro atoms. The number of para-hydroxylation sites is 1. The summed E-state index contributed by atoms with van der Waals surface area (Å²) in [7, 11) is 0. The normalized spacial score (nSPS) is 20.2. The van der Waals surface area contributed by atoms with E-state index < -0.39 is 0 Å². The van der Waals surface area contributed by atoms with Gasteiger partial charge in [-0.25, -0.2) is 4.98 Å². The summed E-state index contributed by atoms with van der Waals surface area (Å²) in [5.74, 6) is 1.35. The zero-order chi connectivity index (χ0) is 17.3. The summed E-state index contributed by atoms with van der Waals surface area (Å²) in [5, 5.41) is 1.30. The number of hydrogen-bond acceptors (Lipinski definition) is 4. The van der Waals surface area contributed by atoms with E-state index in [9.17, 15) is 0 Å². The molecule has 5 nitrogen and oxygen atoms in total. The molecule has 1 unspecified atom stereocenters. The Morgan fingerprint density at radius 2 is 2.15 bits per heavy atom. The molecule has 0 fully saturated rings. The summed E-state index contributed by atoms with van der Waals surface area (Å²) in [6.45, 7) is 3.39. The highest BCUT2D eigenvalue weighted by molar-refractivity contribution is 5.92. The monoisotopic (exact) mass is 347 g/mol. The molecule has 4 heterocycles. The number of aromatic amines is 1. The van der Waals surface area contributed by atoms with Crippen LogP contribution in [0.4, 0.5) is 0 Å². The minimum atomic E-state index is 0.0282. The Labute approximate surface area is 152 Å². The number of nitrogens with zero attached hydrogens (tertiary/aromatic N) is 2. The fraction of sp³-hybridized carbons (Fsp3) is 0.286. The van der Waals surface area contributed by atoms with E-state index >= 15 is 0 Å². The van der Waals surface area contributed by atoms with Gasteiger partial charge in [0.05, 0.1) is 0 Å². The van der Waals surface area contributed by atoms with Gasteiger partial charge in [-0.1, -0.05) is 24.3 Å². The van der Waals surface area contributed by atoms with E-state index in [2.05, 4.69) is 51.4 Å². The van der Waals surface area contributed by atoms with Crippen LogP contribution in [0.1, 0.15) is 12.0 Å². The molecule has 0 aliphatic carbocycles. The first-order chi connectivity index (χ1) is 12.9. The summed E-state index contributed by atoms with van der Waals surface area (Å²) in [5.41, 5.74) is 3.95. The third kappa shape index (κ3) is 2.84. The van der Waals surface area contributed by atoms with E-state index in [1.54, 1.807) is 6.20 Å². The van der Waals surface area contributed by atoms with Crippen molar-refractivity contribution in [2.45, 2.75) is 12.5 Å². The Kier molecular flexibility index (Phi) is 3.87. The van der Waals surface area contributed by atoms with E-state index in [0.29, 0.717) is 12.5 Å². The van der Waals surface area contributed by atoms with Crippen LogP contribution in [0.25, 0.3) is 16.5 Å². The Morgan fingerprint density at radius 1 is 1.19 bits per heavy atom. The highest BCUT2D eigenvalue weighted by Gasteiger charge is 2.25. The quantitative estimate of drug-likeness (QED) is 0.788. The molecule has 0 saturated heterocycles. The fourth-order valence-electron chi connectivity index (χ4n) is 3.79. The number of pyridine rings is 1. The van der Waals surface area contributed by atoms with Gasteiger partial charge in [0.2, 0.25) is 0 Å². The first-order valence-corrected chi connectivity index (χ1v) is 9.09. The molecule has 1 N–H and O–H groups in total. The van der Waals surface area contributed by atoms with Crippen LogP contribution in [-0.4, -0.2) is 47.2 Å². The molecule has 2 aliphatic rings.